The van der Waals surface area contributed by atoms with Crippen molar-refractivity contribution in [3.05, 3.63) is 41.3 Å². The zero-order chi connectivity index (χ0) is 16.2. The van der Waals surface area contributed by atoms with Crippen LogP contribution in [0.15, 0.2) is 28.8 Å². The van der Waals surface area contributed by atoms with Crippen molar-refractivity contribution in [1.82, 2.24) is 10.1 Å². The molecule has 0 bridgehead atoms. The third kappa shape index (κ3) is 3.50. The summed E-state index contributed by atoms with van der Waals surface area (Å²) in [6.07, 6.45) is 2.29. The van der Waals surface area contributed by atoms with Gasteiger partial charge in [0.1, 0.15) is 0 Å². The van der Waals surface area contributed by atoms with Gasteiger partial charge in [0, 0.05) is 12.6 Å². The lowest BCUT2D eigenvalue weighted by Gasteiger charge is -2.22. The largest absolute Gasteiger partial charge is 0.493 e. The quantitative estimate of drug-likeness (QED) is 0.812. The van der Waals surface area contributed by atoms with Crippen LogP contribution in [0.3, 0.4) is 0 Å². The SMILES string of the molecule is CCOc1ccc(CN2CCCC2c2cc(C)no2)cc1OC. The third-order valence-corrected chi connectivity index (χ3v) is 4.25. The van der Waals surface area contributed by atoms with Gasteiger partial charge >= 0.3 is 0 Å². The van der Waals surface area contributed by atoms with E-state index in [4.69, 9.17) is 14.0 Å². The minimum atomic E-state index is 0.314. The van der Waals surface area contributed by atoms with E-state index >= 15 is 0 Å². The van der Waals surface area contributed by atoms with Crippen molar-refractivity contribution in [1.29, 1.82) is 0 Å². The van der Waals surface area contributed by atoms with Crippen LogP contribution < -0.4 is 9.47 Å². The van der Waals surface area contributed by atoms with Crippen molar-refractivity contribution in [2.75, 3.05) is 20.3 Å². The summed E-state index contributed by atoms with van der Waals surface area (Å²) in [5.41, 5.74) is 2.16. The van der Waals surface area contributed by atoms with E-state index in [1.165, 1.54) is 12.0 Å². The molecule has 0 radical (unpaired) electrons. The standard InChI is InChI=1S/C18H24N2O3/c1-4-22-16-8-7-14(11-18(16)21-3)12-20-9-5-6-15(20)17-10-13(2)19-23-17/h7-8,10-11,15H,4-6,9,12H2,1-3H3. The Morgan fingerprint density at radius 3 is 2.87 bits per heavy atom. The summed E-state index contributed by atoms with van der Waals surface area (Å²) in [5.74, 6) is 2.55. The molecule has 0 N–H and O–H groups in total. The Morgan fingerprint density at radius 1 is 1.30 bits per heavy atom. The normalized spacial score (nSPS) is 18.3. The molecule has 1 unspecified atom stereocenters. The Bertz CT molecular complexity index is 653. The molecule has 0 aliphatic carbocycles. The number of hydrogen-bond acceptors (Lipinski definition) is 5. The maximum absolute atomic E-state index is 5.58. The summed E-state index contributed by atoms with van der Waals surface area (Å²) in [6.45, 7) is 6.51. The molecular formula is C18H24N2O3. The molecule has 1 aliphatic heterocycles. The smallest absolute Gasteiger partial charge is 0.161 e. The van der Waals surface area contributed by atoms with Crippen LogP contribution >= 0.6 is 0 Å². The molecule has 23 heavy (non-hydrogen) atoms. The molecule has 1 aromatic carbocycles. The Hall–Kier alpha value is -2.01. The van der Waals surface area contributed by atoms with Crippen LogP contribution in [0.5, 0.6) is 11.5 Å². The molecule has 2 heterocycles. The Balaban J connectivity index is 1.75. The third-order valence-electron chi connectivity index (χ3n) is 4.25. The molecule has 3 rings (SSSR count). The molecule has 2 aromatic rings. The number of hydrogen-bond donors (Lipinski definition) is 0. The van der Waals surface area contributed by atoms with Crippen LogP contribution in [0.25, 0.3) is 0 Å². The number of rotatable bonds is 6. The molecule has 1 atom stereocenters. The van der Waals surface area contributed by atoms with E-state index in [1.54, 1.807) is 7.11 Å². The molecule has 0 saturated carbocycles. The van der Waals surface area contributed by atoms with Crippen LogP contribution in [-0.4, -0.2) is 30.3 Å². The highest BCUT2D eigenvalue weighted by molar-refractivity contribution is 5.43. The van der Waals surface area contributed by atoms with Gasteiger partial charge in [-0.25, -0.2) is 0 Å². The van der Waals surface area contributed by atoms with Gasteiger partial charge in [0.25, 0.3) is 0 Å². The lowest BCUT2D eigenvalue weighted by Crippen LogP contribution is -2.22. The maximum atomic E-state index is 5.58. The van der Waals surface area contributed by atoms with E-state index in [-0.39, 0.29) is 0 Å². The highest BCUT2D eigenvalue weighted by Crippen LogP contribution is 2.35. The Kier molecular flexibility index (Phi) is 4.86. The number of aryl methyl sites for hydroxylation is 1. The minimum absolute atomic E-state index is 0.314. The predicted octanol–water partition coefficient (Wildman–Crippen LogP) is 3.73. The zero-order valence-corrected chi connectivity index (χ0v) is 14.0. The first-order valence-corrected chi connectivity index (χ1v) is 8.18. The summed E-state index contributed by atoms with van der Waals surface area (Å²) >= 11 is 0. The second-order valence-corrected chi connectivity index (χ2v) is 5.92. The van der Waals surface area contributed by atoms with E-state index < -0.39 is 0 Å². The summed E-state index contributed by atoms with van der Waals surface area (Å²) in [6, 6.07) is 8.51. The molecule has 5 heteroatoms. The number of methoxy groups -OCH3 is 1. The van der Waals surface area contributed by atoms with Crippen molar-refractivity contribution in [3.63, 3.8) is 0 Å². The van der Waals surface area contributed by atoms with Gasteiger partial charge in [0.2, 0.25) is 0 Å². The first-order valence-electron chi connectivity index (χ1n) is 8.18. The van der Waals surface area contributed by atoms with Gasteiger partial charge in [-0.1, -0.05) is 11.2 Å². The highest BCUT2D eigenvalue weighted by atomic mass is 16.5. The molecule has 1 aliphatic rings. The lowest BCUT2D eigenvalue weighted by molar-refractivity contribution is 0.206. The molecule has 1 aromatic heterocycles. The van der Waals surface area contributed by atoms with Gasteiger partial charge in [0.15, 0.2) is 17.3 Å². The molecule has 1 saturated heterocycles. The number of ether oxygens (including phenoxy) is 2. The monoisotopic (exact) mass is 316 g/mol. The summed E-state index contributed by atoms with van der Waals surface area (Å²) < 4.78 is 16.5. The van der Waals surface area contributed by atoms with Crippen molar-refractivity contribution in [3.8, 4) is 11.5 Å². The van der Waals surface area contributed by atoms with Gasteiger partial charge in [-0.15, -0.1) is 0 Å². The number of likely N-dealkylation sites (tertiary alicyclic amines) is 1. The minimum Gasteiger partial charge on any atom is -0.493 e. The molecule has 124 valence electrons. The van der Waals surface area contributed by atoms with Gasteiger partial charge in [-0.05, 0) is 50.9 Å². The average Bonchev–Trinajstić information content (AvgIpc) is 3.17. The van der Waals surface area contributed by atoms with Gasteiger partial charge in [-0.3, -0.25) is 4.90 Å². The van der Waals surface area contributed by atoms with Crippen molar-refractivity contribution in [2.24, 2.45) is 0 Å². The van der Waals surface area contributed by atoms with E-state index in [0.717, 1.165) is 42.5 Å². The first kappa shape index (κ1) is 15.9. The molecule has 1 fully saturated rings. The fraction of sp³-hybridized carbons (Fsp3) is 0.500. The van der Waals surface area contributed by atoms with Crippen LogP contribution in [0.2, 0.25) is 0 Å². The van der Waals surface area contributed by atoms with Crippen molar-refractivity contribution < 1.29 is 14.0 Å². The molecule has 5 nitrogen and oxygen atoms in total. The Labute approximate surface area is 137 Å². The maximum Gasteiger partial charge on any atom is 0.161 e. The van der Waals surface area contributed by atoms with E-state index in [0.29, 0.717) is 12.6 Å². The van der Waals surface area contributed by atoms with Gasteiger partial charge in [-0.2, -0.15) is 0 Å². The number of benzene rings is 1. The van der Waals surface area contributed by atoms with Crippen LogP contribution in [0.1, 0.15) is 42.8 Å². The first-order chi connectivity index (χ1) is 11.2. The summed E-state index contributed by atoms with van der Waals surface area (Å²) in [5, 5.41) is 4.02. The van der Waals surface area contributed by atoms with Gasteiger partial charge in [0.05, 0.1) is 25.5 Å². The molecular weight excluding hydrogens is 292 g/mol. The second kappa shape index (κ2) is 7.04. The fourth-order valence-electron chi connectivity index (χ4n) is 3.20. The van der Waals surface area contributed by atoms with Crippen LogP contribution in [0, 0.1) is 6.92 Å². The topological polar surface area (TPSA) is 47.7 Å². The van der Waals surface area contributed by atoms with E-state index in [2.05, 4.69) is 22.2 Å². The van der Waals surface area contributed by atoms with Crippen LogP contribution in [-0.2, 0) is 6.54 Å². The number of nitrogens with zero attached hydrogens (tertiary/aromatic N) is 2. The van der Waals surface area contributed by atoms with E-state index in [9.17, 15) is 0 Å². The summed E-state index contributed by atoms with van der Waals surface area (Å²) in [7, 11) is 1.68. The fourth-order valence-corrected chi connectivity index (χ4v) is 3.20. The van der Waals surface area contributed by atoms with Crippen molar-refractivity contribution >= 4 is 0 Å². The molecule has 0 amide bonds. The van der Waals surface area contributed by atoms with Gasteiger partial charge < -0.3 is 14.0 Å². The Morgan fingerprint density at radius 2 is 2.17 bits per heavy atom. The molecule has 0 spiro atoms. The lowest BCUT2D eigenvalue weighted by atomic mass is 10.1. The van der Waals surface area contributed by atoms with Crippen LogP contribution in [0.4, 0.5) is 0 Å². The van der Waals surface area contributed by atoms with Crippen molar-refractivity contribution in [2.45, 2.75) is 39.3 Å². The highest BCUT2D eigenvalue weighted by Gasteiger charge is 2.29. The number of aromatic nitrogens is 1. The second-order valence-electron chi connectivity index (χ2n) is 5.92. The zero-order valence-electron chi connectivity index (χ0n) is 14.0. The predicted molar refractivity (Wildman–Crippen MR) is 87.8 cm³/mol. The average molecular weight is 316 g/mol. The van der Waals surface area contributed by atoms with E-state index in [1.807, 2.05) is 26.0 Å². The summed E-state index contributed by atoms with van der Waals surface area (Å²) in [4.78, 5) is 2.44.